The highest BCUT2D eigenvalue weighted by atomic mass is 16.5. The molecule has 1 saturated heterocycles. The average molecular weight is 307 g/mol. The van der Waals surface area contributed by atoms with Crippen LogP contribution in [0.25, 0.3) is 11.6 Å². The summed E-state index contributed by atoms with van der Waals surface area (Å²) in [4.78, 5) is 15.1. The molecule has 1 fully saturated rings. The Balaban J connectivity index is 1.39. The van der Waals surface area contributed by atoms with Crippen molar-refractivity contribution >= 4 is 0 Å². The van der Waals surface area contributed by atoms with Crippen molar-refractivity contribution in [3.8, 4) is 11.6 Å². The Morgan fingerprint density at radius 1 is 1.09 bits per heavy atom. The van der Waals surface area contributed by atoms with E-state index < -0.39 is 0 Å². The van der Waals surface area contributed by atoms with Crippen molar-refractivity contribution in [3.05, 3.63) is 59.7 Å². The van der Waals surface area contributed by atoms with Gasteiger partial charge in [0.05, 0.1) is 5.92 Å². The van der Waals surface area contributed by atoms with E-state index in [0.717, 1.165) is 19.6 Å². The summed E-state index contributed by atoms with van der Waals surface area (Å²) in [5.41, 5.74) is 2.70. The van der Waals surface area contributed by atoms with E-state index in [-0.39, 0.29) is 0 Å². The van der Waals surface area contributed by atoms with Crippen molar-refractivity contribution in [3.63, 3.8) is 0 Å². The van der Waals surface area contributed by atoms with Gasteiger partial charge in [0.15, 0.2) is 0 Å². The summed E-state index contributed by atoms with van der Waals surface area (Å²) in [5, 5.41) is 3.98. The Hall–Kier alpha value is -2.60. The van der Waals surface area contributed by atoms with Gasteiger partial charge in [0.2, 0.25) is 17.5 Å². The third-order valence-electron chi connectivity index (χ3n) is 4.17. The lowest BCUT2D eigenvalue weighted by Gasteiger charge is -2.37. The fourth-order valence-electron chi connectivity index (χ4n) is 2.79. The number of nitrogens with zero attached hydrogens (tertiary/aromatic N) is 5. The maximum absolute atomic E-state index is 5.38. The first-order valence-corrected chi connectivity index (χ1v) is 7.67. The standard InChI is InChI=1S/C17H17N5O/c1-12-5-2-3-6-13(12)9-22-10-14(11-22)17-20-16(21-23-17)15-18-7-4-8-19-15/h2-8,14H,9-11H2,1H3. The van der Waals surface area contributed by atoms with Gasteiger partial charge in [-0.2, -0.15) is 4.98 Å². The second kappa shape index (κ2) is 5.89. The van der Waals surface area contributed by atoms with E-state index in [1.54, 1.807) is 18.5 Å². The molecule has 0 unspecified atom stereocenters. The number of hydrogen-bond acceptors (Lipinski definition) is 6. The number of benzene rings is 1. The first kappa shape index (κ1) is 14.0. The Morgan fingerprint density at radius 2 is 1.87 bits per heavy atom. The lowest BCUT2D eigenvalue weighted by molar-refractivity contribution is 0.117. The van der Waals surface area contributed by atoms with Crippen LogP contribution in [0.1, 0.15) is 22.9 Å². The van der Waals surface area contributed by atoms with Crippen molar-refractivity contribution in [2.75, 3.05) is 13.1 Å². The van der Waals surface area contributed by atoms with Crippen LogP contribution < -0.4 is 0 Å². The number of aromatic nitrogens is 4. The molecule has 0 spiro atoms. The van der Waals surface area contributed by atoms with Crippen molar-refractivity contribution in [1.82, 2.24) is 25.0 Å². The summed E-state index contributed by atoms with van der Waals surface area (Å²) in [5.74, 6) is 1.93. The lowest BCUT2D eigenvalue weighted by Crippen LogP contribution is -2.44. The predicted molar refractivity (Wildman–Crippen MR) is 84.5 cm³/mol. The molecule has 3 aromatic rings. The molecule has 116 valence electrons. The molecular formula is C17H17N5O. The highest BCUT2D eigenvalue weighted by molar-refractivity contribution is 5.40. The first-order valence-electron chi connectivity index (χ1n) is 7.67. The van der Waals surface area contributed by atoms with Gasteiger partial charge in [-0.15, -0.1) is 0 Å². The molecule has 1 aliphatic heterocycles. The maximum atomic E-state index is 5.38. The minimum absolute atomic E-state index is 0.295. The van der Waals surface area contributed by atoms with E-state index in [0.29, 0.717) is 23.5 Å². The smallest absolute Gasteiger partial charge is 0.240 e. The summed E-state index contributed by atoms with van der Waals surface area (Å²) in [6.45, 7) is 4.99. The van der Waals surface area contributed by atoms with E-state index >= 15 is 0 Å². The largest absolute Gasteiger partial charge is 0.338 e. The van der Waals surface area contributed by atoms with Crippen molar-refractivity contribution in [1.29, 1.82) is 0 Å². The predicted octanol–water partition coefficient (Wildman–Crippen LogP) is 2.43. The van der Waals surface area contributed by atoms with Crippen LogP contribution in [0, 0.1) is 6.92 Å². The van der Waals surface area contributed by atoms with Gasteiger partial charge in [-0.1, -0.05) is 29.4 Å². The van der Waals surface area contributed by atoms with Gasteiger partial charge in [-0.25, -0.2) is 9.97 Å². The molecule has 0 N–H and O–H groups in total. The highest BCUT2D eigenvalue weighted by Gasteiger charge is 2.32. The maximum Gasteiger partial charge on any atom is 0.240 e. The molecule has 0 radical (unpaired) electrons. The average Bonchev–Trinajstić information content (AvgIpc) is 3.02. The zero-order chi connectivity index (χ0) is 15.6. The van der Waals surface area contributed by atoms with Gasteiger partial charge in [0, 0.05) is 32.0 Å². The Kier molecular flexibility index (Phi) is 3.59. The number of likely N-dealkylation sites (tertiary alicyclic amines) is 1. The van der Waals surface area contributed by atoms with Gasteiger partial charge in [-0.05, 0) is 24.1 Å². The highest BCUT2D eigenvalue weighted by Crippen LogP contribution is 2.28. The van der Waals surface area contributed by atoms with Crippen LogP contribution in [-0.2, 0) is 6.54 Å². The fraction of sp³-hybridized carbons (Fsp3) is 0.294. The van der Waals surface area contributed by atoms with Crippen LogP contribution in [0.3, 0.4) is 0 Å². The second-order valence-electron chi connectivity index (χ2n) is 5.85. The Labute approximate surface area is 134 Å². The third kappa shape index (κ3) is 2.85. The van der Waals surface area contributed by atoms with E-state index in [1.165, 1.54) is 11.1 Å². The van der Waals surface area contributed by atoms with Crippen molar-refractivity contribution in [2.24, 2.45) is 0 Å². The molecule has 3 heterocycles. The van der Waals surface area contributed by atoms with Gasteiger partial charge >= 0.3 is 0 Å². The fourth-order valence-corrected chi connectivity index (χ4v) is 2.79. The van der Waals surface area contributed by atoms with Crippen LogP contribution in [-0.4, -0.2) is 38.1 Å². The molecule has 6 nitrogen and oxygen atoms in total. The lowest BCUT2D eigenvalue weighted by atomic mass is 9.98. The van der Waals surface area contributed by atoms with Crippen molar-refractivity contribution in [2.45, 2.75) is 19.4 Å². The number of hydrogen-bond donors (Lipinski definition) is 0. The molecule has 1 aliphatic rings. The topological polar surface area (TPSA) is 67.9 Å². The number of rotatable bonds is 4. The quantitative estimate of drug-likeness (QED) is 0.737. The third-order valence-corrected chi connectivity index (χ3v) is 4.17. The zero-order valence-electron chi connectivity index (χ0n) is 12.9. The van der Waals surface area contributed by atoms with E-state index in [1.807, 2.05) is 0 Å². The molecule has 0 atom stereocenters. The molecule has 0 aliphatic carbocycles. The van der Waals surface area contributed by atoms with Crippen LogP contribution in [0.4, 0.5) is 0 Å². The zero-order valence-corrected chi connectivity index (χ0v) is 12.9. The van der Waals surface area contributed by atoms with Crippen LogP contribution in [0.2, 0.25) is 0 Å². The minimum Gasteiger partial charge on any atom is -0.338 e. The summed E-state index contributed by atoms with van der Waals surface area (Å²) in [6, 6.07) is 10.3. The normalized spacial score (nSPS) is 15.5. The molecule has 6 heteroatoms. The molecule has 0 saturated carbocycles. The van der Waals surface area contributed by atoms with Crippen LogP contribution in [0.15, 0.2) is 47.2 Å². The van der Waals surface area contributed by atoms with Gasteiger partial charge < -0.3 is 4.52 Å². The summed E-state index contributed by atoms with van der Waals surface area (Å²) in [7, 11) is 0. The minimum atomic E-state index is 0.295. The molecule has 1 aromatic carbocycles. The summed E-state index contributed by atoms with van der Waals surface area (Å²) >= 11 is 0. The molecular weight excluding hydrogens is 290 g/mol. The Bertz CT molecular complexity index is 796. The van der Waals surface area contributed by atoms with Gasteiger partial charge in [0.25, 0.3) is 0 Å². The monoisotopic (exact) mass is 307 g/mol. The van der Waals surface area contributed by atoms with Crippen LogP contribution in [0.5, 0.6) is 0 Å². The summed E-state index contributed by atoms with van der Waals surface area (Å²) < 4.78 is 5.38. The summed E-state index contributed by atoms with van der Waals surface area (Å²) in [6.07, 6.45) is 3.34. The molecule has 23 heavy (non-hydrogen) atoms. The van der Waals surface area contributed by atoms with Crippen LogP contribution >= 0.6 is 0 Å². The van der Waals surface area contributed by atoms with Crippen molar-refractivity contribution < 1.29 is 4.52 Å². The molecule has 0 amide bonds. The molecule has 4 rings (SSSR count). The Morgan fingerprint density at radius 3 is 2.65 bits per heavy atom. The molecule has 0 bridgehead atoms. The van der Waals surface area contributed by atoms with Gasteiger partial charge in [0.1, 0.15) is 0 Å². The van der Waals surface area contributed by atoms with E-state index in [9.17, 15) is 0 Å². The van der Waals surface area contributed by atoms with E-state index in [4.69, 9.17) is 4.52 Å². The first-order chi connectivity index (χ1) is 11.3. The van der Waals surface area contributed by atoms with E-state index in [2.05, 4.69) is 56.2 Å². The number of aryl methyl sites for hydroxylation is 1. The molecule has 2 aromatic heterocycles. The van der Waals surface area contributed by atoms with Gasteiger partial charge in [-0.3, -0.25) is 4.90 Å². The second-order valence-corrected chi connectivity index (χ2v) is 5.85. The SMILES string of the molecule is Cc1ccccc1CN1CC(c2nc(-c3ncccn3)no2)C1.